The monoisotopic (exact) mass is 286 g/mol. The van der Waals surface area contributed by atoms with Crippen LogP contribution in [0.15, 0.2) is 0 Å². The number of aliphatic carboxylic acids is 1. The van der Waals surface area contributed by atoms with Crippen LogP contribution in [0.5, 0.6) is 0 Å². The number of carboxylic acids is 1. The Kier molecular flexibility index (Phi) is 5.80. The lowest BCUT2D eigenvalue weighted by molar-refractivity contribution is -0.147. The minimum atomic E-state index is -1.25. The molecular weight excluding hydrogens is 260 g/mol. The number of amides is 2. The molecule has 1 heterocycles. The van der Waals surface area contributed by atoms with E-state index < -0.39 is 11.5 Å². The highest BCUT2D eigenvalue weighted by molar-refractivity contribution is 5.85. The van der Waals surface area contributed by atoms with Crippen LogP contribution in [0.25, 0.3) is 0 Å². The molecule has 1 fully saturated rings. The van der Waals surface area contributed by atoms with E-state index in [0.29, 0.717) is 13.1 Å². The molecule has 1 saturated heterocycles. The number of hydrogen-bond acceptors (Lipinski definition) is 3. The highest BCUT2D eigenvalue weighted by Gasteiger charge is 2.40. The van der Waals surface area contributed by atoms with E-state index in [0.717, 1.165) is 25.7 Å². The molecule has 116 valence electrons. The van der Waals surface area contributed by atoms with E-state index >= 15 is 0 Å². The molecule has 1 aliphatic heterocycles. The number of aliphatic hydroxyl groups excluding tert-OH is 1. The van der Waals surface area contributed by atoms with Gasteiger partial charge in [-0.2, -0.15) is 0 Å². The number of carboxylic acid groups (broad SMARTS) is 1. The Balaban J connectivity index is 2.96. The SMILES string of the molecule is CCN(C(=O)N1CCCCCC1CO)C(C)(C)C(=O)O. The van der Waals surface area contributed by atoms with Crippen molar-refractivity contribution in [1.82, 2.24) is 9.80 Å². The van der Waals surface area contributed by atoms with E-state index in [1.54, 1.807) is 11.8 Å². The van der Waals surface area contributed by atoms with Crippen molar-refractivity contribution in [3.63, 3.8) is 0 Å². The Bertz CT molecular complexity index is 357. The summed E-state index contributed by atoms with van der Waals surface area (Å²) in [6, 6.07) is -0.496. The fourth-order valence-corrected chi connectivity index (χ4v) is 2.66. The average molecular weight is 286 g/mol. The Morgan fingerprint density at radius 1 is 1.30 bits per heavy atom. The molecule has 0 spiro atoms. The summed E-state index contributed by atoms with van der Waals surface area (Å²) in [5, 5.41) is 18.8. The average Bonchev–Trinajstić information content (AvgIpc) is 2.63. The molecule has 0 aromatic heterocycles. The Labute approximate surface area is 120 Å². The lowest BCUT2D eigenvalue weighted by Gasteiger charge is -2.40. The molecule has 1 unspecified atom stereocenters. The summed E-state index contributed by atoms with van der Waals surface area (Å²) in [7, 11) is 0. The van der Waals surface area contributed by atoms with Gasteiger partial charge in [0.2, 0.25) is 0 Å². The fourth-order valence-electron chi connectivity index (χ4n) is 2.66. The Morgan fingerprint density at radius 3 is 2.45 bits per heavy atom. The first kappa shape index (κ1) is 16.8. The first-order valence-electron chi connectivity index (χ1n) is 7.28. The minimum Gasteiger partial charge on any atom is -0.480 e. The highest BCUT2D eigenvalue weighted by atomic mass is 16.4. The molecule has 20 heavy (non-hydrogen) atoms. The van der Waals surface area contributed by atoms with Gasteiger partial charge in [0.15, 0.2) is 0 Å². The topological polar surface area (TPSA) is 81.1 Å². The molecular formula is C14H26N2O4. The standard InChI is InChI=1S/C14H26N2O4/c1-4-16(14(2,3)12(18)19)13(20)15-9-7-5-6-8-11(15)10-17/h11,17H,4-10H2,1-3H3,(H,18,19). The molecule has 1 rings (SSSR count). The van der Waals surface area contributed by atoms with Gasteiger partial charge >= 0.3 is 12.0 Å². The van der Waals surface area contributed by atoms with E-state index in [2.05, 4.69) is 0 Å². The number of urea groups is 1. The van der Waals surface area contributed by atoms with E-state index in [9.17, 15) is 19.8 Å². The lowest BCUT2D eigenvalue weighted by Crippen LogP contribution is -2.59. The molecule has 0 aromatic carbocycles. The van der Waals surface area contributed by atoms with Crippen molar-refractivity contribution in [3.05, 3.63) is 0 Å². The van der Waals surface area contributed by atoms with Crippen LogP contribution in [0.1, 0.15) is 46.5 Å². The predicted molar refractivity (Wildman–Crippen MR) is 75.5 cm³/mol. The highest BCUT2D eigenvalue weighted by Crippen LogP contribution is 2.22. The van der Waals surface area contributed by atoms with Gasteiger partial charge in [-0.25, -0.2) is 9.59 Å². The number of aliphatic hydroxyl groups is 1. The van der Waals surface area contributed by atoms with Crippen molar-refractivity contribution in [2.45, 2.75) is 58.0 Å². The van der Waals surface area contributed by atoms with E-state index in [-0.39, 0.29) is 18.7 Å². The molecule has 0 aliphatic carbocycles. The van der Waals surface area contributed by atoms with Gasteiger partial charge < -0.3 is 20.0 Å². The molecule has 0 saturated carbocycles. The second-order valence-electron chi connectivity index (χ2n) is 5.77. The zero-order chi connectivity index (χ0) is 15.3. The molecule has 1 atom stereocenters. The van der Waals surface area contributed by atoms with Gasteiger partial charge in [-0.15, -0.1) is 0 Å². The van der Waals surface area contributed by atoms with Gasteiger partial charge in [-0.1, -0.05) is 12.8 Å². The van der Waals surface area contributed by atoms with Crippen LogP contribution < -0.4 is 0 Å². The molecule has 0 aromatic rings. The van der Waals surface area contributed by atoms with Gasteiger partial charge in [0.05, 0.1) is 12.6 Å². The molecule has 0 bridgehead atoms. The van der Waals surface area contributed by atoms with Gasteiger partial charge in [-0.05, 0) is 33.6 Å². The van der Waals surface area contributed by atoms with Crippen molar-refractivity contribution >= 4 is 12.0 Å². The maximum absolute atomic E-state index is 12.7. The van der Waals surface area contributed by atoms with E-state index in [4.69, 9.17) is 0 Å². The summed E-state index contributed by atoms with van der Waals surface area (Å²) in [6.07, 6.45) is 3.69. The smallest absolute Gasteiger partial charge is 0.329 e. The third-order valence-corrected chi connectivity index (χ3v) is 4.08. The number of nitrogens with zero attached hydrogens (tertiary/aromatic N) is 2. The summed E-state index contributed by atoms with van der Waals surface area (Å²) in [5.41, 5.74) is -1.25. The van der Waals surface area contributed by atoms with Crippen LogP contribution >= 0.6 is 0 Å². The van der Waals surface area contributed by atoms with Crippen LogP contribution in [-0.2, 0) is 4.79 Å². The van der Waals surface area contributed by atoms with E-state index in [1.807, 2.05) is 0 Å². The quantitative estimate of drug-likeness (QED) is 0.821. The number of carbonyl (C=O) groups excluding carboxylic acids is 1. The first-order valence-corrected chi connectivity index (χ1v) is 7.28. The number of likely N-dealkylation sites (N-methyl/N-ethyl adjacent to an activating group) is 1. The maximum Gasteiger partial charge on any atom is 0.329 e. The Hall–Kier alpha value is -1.30. The fraction of sp³-hybridized carbons (Fsp3) is 0.857. The molecule has 2 N–H and O–H groups in total. The van der Waals surface area contributed by atoms with Gasteiger partial charge in [-0.3, -0.25) is 0 Å². The largest absolute Gasteiger partial charge is 0.480 e. The lowest BCUT2D eigenvalue weighted by atomic mass is 10.0. The van der Waals surface area contributed by atoms with Crippen molar-refractivity contribution in [2.75, 3.05) is 19.7 Å². The third-order valence-electron chi connectivity index (χ3n) is 4.08. The third kappa shape index (κ3) is 3.42. The molecule has 6 nitrogen and oxygen atoms in total. The van der Waals surface area contributed by atoms with Gasteiger partial charge in [0.1, 0.15) is 5.54 Å². The minimum absolute atomic E-state index is 0.0726. The molecule has 2 amide bonds. The van der Waals surface area contributed by atoms with Crippen LogP contribution in [-0.4, -0.2) is 63.3 Å². The van der Waals surface area contributed by atoms with Crippen molar-refractivity contribution in [2.24, 2.45) is 0 Å². The second kappa shape index (κ2) is 6.92. The van der Waals surface area contributed by atoms with Crippen LogP contribution in [0, 0.1) is 0 Å². The number of rotatable bonds is 4. The van der Waals surface area contributed by atoms with Crippen molar-refractivity contribution in [1.29, 1.82) is 0 Å². The molecule has 1 aliphatic rings. The molecule has 6 heteroatoms. The number of carbonyl (C=O) groups is 2. The summed E-state index contributed by atoms with van der Waals surface area (Å²) in [4.78, 5) is 27.1. The first-order chi connectivity index (χ1) is 9.36. The van der Waals surface area contributed by atoms with Gasteiger partial charge in [0.25, 0.3) is 0 Å². The normalized spacial score (nSPS) is 20.4. The second-order valence-corrected chi connectivity index (χ2v) is 5.77. The van der Waals surface area contributed by atoms with Gasteiger partial charge in [0, 0.05) is 13.1 Å². The van der Waals surface area contributed by atoms with E-state index in [1.165, 1.54) is 18.7 Å². The van der Waals surface area contributed by atoms with Crippen molar-refractivity contribution < 1.29 is 19.8 Å². The van der Waals surface area contributed by atoms with Crippen LogP contribution in [0.4, 0.5) is 4.79 Å². The molecule has 0 radical (unpaired) electrons. The van der Waals surface area contributed by atoms with Crippen molar-refractivity contribution in [3.8, 4) is 0 Å². The summed E-state index contributed by atoms with van der Waals surface area (Å²) in [5.74, 6) is -1.02. The zero-order valence-corrected chi connectivity index (χ0v) is 12.6. The maximum atomic E-state index is 12.7. The summed E-state index contributed by atoms with van der Waals surface area (Å²) in [6.45, 7) is 5.67. The summed E-state index contributed by atoms with van der Waals surface area (Å²) >= 11 is 0. The van der Waals surface area contributed by atoms with Crippen LogP contribution in [0.2, 0.25) is 0 Å². The number of likely N-dealkylation sites (tertiary alicyclic amines) is 1. The zero-order valence-electron chi connectivity index (χ0n) is 12.6. The predicted octanol–water partition coefficient (Wildman–Crippen LogP) is 1.53. The Morgan fingerprint density at radius 2 is 1.95 bits per heavy atom. The number of hydrogen-bond donors (Lipinski definition) is 2. The van der Waals surface area contributed by atoms with Crippen LogP contribution in [0.3, 0.4) is 0 Å². The summed E-state index contributed by atoms with van der Waals surface area (Å²) < 4.78 is 0.